The highest BCUT2D eigenvalue weighted by atomic mass is 35.5. The zero-order valence-electron chi connectivity index (χ0n) is 17.7. The number of rotatable bonds is 4. The van der Waals surface area contributed by atoms with Gasteiger partial charge in [0.15, 0.2) is 5.82 Å². The lowest BCUT2D eigenvalue weighted by Gasteiger charge is -2.35. The van der Waals surface area contributed by atoms with Crippen LogP contribution in [-0.4, -0.2) is 42.3 Å². The molecule has 2 aliphatic rings. The number of imidazole rings is 1. The van der Waals surface area contributed by atoms with Gasteiger partial charge in [0.25, 0.3) is 5.91 Å². The minimum absolute atomic E-state index is 0.00624. The Morgan fingerprint density at radius 3 is 2.84 bits per heavy atom. The maximum absolute atomic E-state index is 13.7. The van der Waals surface area contributed by atoms with Gasteiger partial charge in [-0.2, -0.15) is 0 Å². The normalized spacial score (nSPS) is 18.5. The van der Waals surface area contributed by atoms with E-state index < -0.39 is 0 Å². The summed E-state index contributed by atoms with van der Waals surface area (Å²) in [6.07, 6.45) is 7.38. The summed E-state index contributed by atoms with van der Waals surface area (Å²) in [5.74, 6) is 0.723. The Morgan fingerprint density at radius 1 is 1.22 bits per heavy atom. The number of nitrogens with zero attached hydrogens (tertiary/aromatic N) is 5. The number of fused-ring (bicyclic) bond motifs is 1. The molecule has 1 fully saturated rings. The highest BCUT2D eigenvalue weighted by molar-refractivity contribution is 7.15. The van der Waals surface area contributed by atoms with Gasteiger partial charge in [-0.05, 0) is 31.7 Å². The van der Waals surface area contributed by atoms with E-state index in [9.17, 15) is 4.79 Å². The van der Waals surface area contributed by atoms with Crippen LogP contribution in [0.1, 0.15) is 46.3 Å². The van der Waals surface area contributed by atoms with Gasteiger partial charge in [-0.3, -0.25) is 9.21 Å². The number of amides is 1. The number of piperidine rings is 1. The summed E-state index contributed by atoms with van der Waals surface area (Å²) in [7, 11) is 0. The van der Waals surface area contributed by atoms with Crippen LogP contribution >= 0.6 is 34.7 Å². The molecule has 4 heterocycles. The second-order valence-electron chi connectivity index (χ2n) is 8.17. The molecule has 0 spiro atoms. The molecule has 1 aromatic carbocycles. The van der Waals surface area contributed by atoms with Crippen molar-refractivity contribution in [3.05, 3.63) is 64.9 Å². The van der Waals surface area contributed by atoms with Gasteiger partial charge in [0.2, 0.25) is 0 Å². The fourth-order valence-corrected chi connectivity index (χ4v) is 5.90. The van der Waals surface area contributed by atoms with Crippen LogP contribution in [0.15, 0.2) is 42.7 Å². The molecule has 166 valence electrons. The summed E-state index contributed by atoms with van der Waals surface area (Å²) < 4.78 is 3.45. The summed E-state index contributed by atoms with van der Waals surface area (Å²) in [6, 6.07) is 10.1. The number of hydrogen-bond donors (Lipinski definition) is 0. The van der Waals surface area contributed by atoms with Crippen LogP contribution in [0.2, 0.25) is 0 Å². The summed E-state index contributed by atoms with van der Waals surface area (Å²) in [5, 5.41) is 1.41. The van der Waals surface area contributed by atoms with Gasteiger partial charge in [-0.15, -0.1) is 11.3 Å². The molecular weight excluding hydrogens is 465 g/mol. The summed E-state index contributed by atoms with van der Waals surface area (Å²) in [6.45, 7) is 3.18. The summed E-state index contributed by atoms with van der Waals surface area (Å²) in [5.41, 5.74) is 2.50. The second kappa shape index (κ2) is 8.89. The van der Waals surface area contributed by atoms with Crippen molar-refractivity contribution >= 4 is 45.7 Å². The fourth-order valence-electron chi connectivity index (χ4n) is 4.45. The molecule has 5 rings (SSSR count). The maximum Gasteiger partial charge on any atom is 0.274 e. The Bertz CT molecular complexity index is 1170. The standard InChI is InChI=1S/C23H23Cl2N5OS/c1-15-26-20(21(32-15)16-7-3-2-4-8-16)23(31)30-10-6-5-9-18(30)11-17-12-28-14-29(25)13-19(24)22(28)27-17/h2-4,7-8,12-13,18H,5-6,9-11,14H2,1H3/t18-/m0/s1. The molecule has 6 nitrogen and oxygen atoms in total. The predicted octanol–water partition coefficient (Wildman–Crippen LogP) is 5.52. The van der Waals surface area contributed by atoms with Gasteiger partial charge >= 0.3 is 0 Å². The van der Waals surface area contributed by atoms with Gasteiger partial charge in [0.1, 0.15) is 17.4 Å². The lowest BCUT2D eigenvalue weighted by Crippen LogP contribution is -2.45. The quantitative estimate of drug-likeness (QED) is 0.454. The van der Waals surface area contributed by atoms with Crippen LogP contribution in [0.3, 0.4) is 0 Å². The minimum atomic E-state index is 0.00624. The van der Waals surface area contributed by atoms with Crippen LogP contribution in [0.25, 0.3) is 15.5 Å². The van der Waals surface area contributed by atoms with Crippen LogP contribution < -0.4 is 0 Å². The first-order chi connectivity index (χ1) is 15.5. The first-order valence-corrected chi connectivity index (χ1v) is 12.2. The summed E-state index contributed by atoms with van der Waals surface area (Å²) >= 11 is 14.0. The van der Waals surface area contributed by atoms with Crippen LogP contribution in [0, 0.1) is 6.92 Å². The SMILES string of the molecule is Cc1nc(C(=O)N2CCCC[C@H]2Cc2cn3c(n2)C(Cl)=CN(Cl)C3)c(-c2ccccc2)s1. The molecule has 0 unspecified atom stereocenters. The van der Waals surface area contributed by atoms with E-state index in [1.165, 1.54) is 4.42 Å². The molecule has 0 bridgehead atoms. The van der Waals surface area contributed by atoms with Crippen molar-refractivity contribution < 1.29 is 4.79 Å². The molecule has 1 saturated heterocycles. The van der Waals surface area contributed by atoms with Crippen LogP contribution in [0.4, 0.5) is 0 Å². The minimum Gasteiger partial charge on any atom is -0.334 e. The van der Waals surface area contributed by atoms with Gasteiger partial charge in [0.05, 0.1) is 15.6 Å². The van der Waals surface area contributed by atoms with Crippen LogP contribution in [0.5, 0.6) is 0 Å². The van der Waals surface area contributed by atoms with Gasteiger partial charge in [0, 0.05) is 43.2 Å². The van der Waals surface area contributed by atoms with Crippen molar-refractivity contribution in [2.24, 2.45) is 0 Å². The van der Waals surface area contributed by atoms with E-state index in [2.05, 4.69) is 4.98 Å². The van der Waals surface area contributed by atoms with Crippen molar-refractivity contribution in [3.63, 3.8) is 0 Å². The van der Waals surface area contributed by atoms with E-state index in [0.29, 0.717) is 29.6 Å². The topological polar surface area (TPSA) is 54.3 Å². The molecule has 0 N–H and O–H groups in total. The number of hydrogen-bond acceptors (Lipinski definition) is 5. The van der Waals surface area contributed by atoms with Gasteiger partial charge in [-0.25, -0.2) is 9.97 Å². The first-order valence-electron chi connectivity index (χ1n) is 10.7. The first kappa shape index (κ1) is 21.5. The Kier molecular flexibility index (Phi) is 5.97. The molecule has 32 heavy (non-hydrogen) atoms. The molecule has 0 radical (unpaired) electrons. The van der Waals surface area contributed by atoms with Gasteiger partial charge < -0.3 is 9.47 Å². The van der Waals surface area contributed by atoms with Crippen molar-refractivity contribution in [1.29, 1.82) is 0 Å². The molecule has 1 amide bonds. The average Bonchev–Trinajstić information content (AvgIpc) is 3.37. The molecule has 9 heteroatoms. The van der Waals surface area contributed by atoms with Crippen LogP contribution in [-0.2, 0) is 13.1 Å². The number of thiazole rings is 1. The molecule has 3 aromatic rings. The highest BCUT2D eigenvalue weighted by Crippen LogP contribution is 2.33. The Morgan fingerprint density at radius 2 is 2.03 bits per heavy atom. The number of carbonyl (C=O) groups is 1. The summed E-state index contributed by atoms with van der Waals surface area (Å²) in [4.78, 5) is 26.0. The molecule has 2 aromatic heterocycles. The van der Waals surface area contributed by atoms with E-state index in [1.807, 2.05) is 52.9 Å². The highest BCUT2D eigenvalue weighted by Gasteiger charge is 2.32. The van der Waals surface area contributed by atoms with E-state index in [0.717, 1.165) is 46.9 Å². The van der Waals surface area contributed by atoms with Crippen molar-refractivity contribution in [3.8, 4) is 10.4 Å². The number of aromatic nitrogens is 3. The molecule has 2 aliphatic heterocycles. The predicted molar refractivity (Wildman–Crippen MR) is 128 cm³/mol. The number of benzene rings is 1. The Labute approximate surface area is 201 Å². The van der Waals surface area contributed by atoms with E-state index in [-0.39, 0.29) is 11.9 Å². The number of aryl methyl sites for hydroxylation is 1. The monoisotopic (exact) mass is 487 g/mol. The van der Waals surface area contributed by atoms with Crippen molar-refractivity contribution in [1.82, 2.24) is 23.9 Å². The largest absolute Gasteiger partial charge is 0.334 e. The number of carbonyl (C=O) groups excluding carboxylic acids is 1. The van der Waals surface area contributed by atoms with E-state index in [1.54, 1.807) is 17.5 Å². The molecule has 0 aliphatic carbocycles. The Balaban J connectivity index is 1.41. The number of likely N-dealkylation sites (tertiary alicyclic amines) is 1. The molecule has 1 atom stereocenters. The average molecular weight is 488 g/mol. The second-order valence-corrected chi connectivity index (χ2v) is 10.2. The third-order valence-electron chi connectivity index (χ3n) is 5.89. The lowest BCUT2D eigenvalue weighted by atomic mass is 9.97. The Hall–Kier alpha value is -2.35. The zero-order chi connectivity index (χ0) is 22.2. The third kappa shape index (κ3) is 4.17. The third-order valence-corrected chi connectivity index (χ3v) is 7.38. The van der Waals surface area contributed by atoms with Gasteiger partial charge in [-0.1, -0.05) is 41.9 Å². The fraction of sp³-hybridized carbons (Fsp3) is 0.348. The molecular formula is C23H23Cl2N5OS. The van der Waals surface area contributed by atoms with Crippen molar-refractivity contribution in [2.45, 2.75) is 45.3 Å². The maximum atomic E-state index is 13.7. The lowest BCUT2D eigenvalue weighted by molar-refractivity contribution is 0.0608. The van der Waals surface area contributed by atoms with E-state index in [4.69, 9.17) is 28.4 Å². The smallest absolute Gasteiger partial charge is 0.274 e. The number of halogens is 2. The van der Waals surface area contributed by atoms with E-state index >= 15 is 0 Å². The zero-order valence-corrected chi connectivity index (χ0v) is 20.0. The van der Waals surface area contributed by atoms with Crippen molar-refractivity contribution in [2.75, 3.05) is 6.54 Å². The molecule has 0 saturated carbocycles.